The first-order chi connectivity index (χ1) is 8.97. The third kappa shape index (κ3) is 3.26. The fourth-order valence-corrected chi connectivity index (χ4v) is 3.47. The van der Waals surface area contributed by atoms with E-state index in [4.69, 9.17) is 0 Å². The summed E-state index contributed by atoms with van der Waals surface area (Å²) in [6, 6.07) is 9.37. The Kier molecular flexibility index (Phi) is 4.63. The minimum atomic E-state index is 0. The molecule has 4 rings (SSSR count). The van der Waals surface area contributed by atoms with Crippen molar-refractivity contribution in [2.45, 2.75) is 32.7 Å². The van der Waals surface area contributed by atoms with Gasteiger partial charge in [0.15, 0.2) is 0 Å². The lowest BCUT2D eigenvalue weighted by atomic mass is 9.86. The van der Waals surface area contributed by atoms with Gasteiger partial charge in [-0.05, 0) is 11.0 Å². The zero-order valence-corrected chi connectivity index (χ0v) is 14.6. The van der Waals surface area contributed by atoms with Crippen LogP contribution in [0.25, 0.3) is 0 Å². The van der Waals surface area contributed by atoms with Crippen molar-refractivity contribution in [1.29, 1.82) is 0 Å². The molecule has 3 heterocycles. The first-order valence-corrected chi connectivity index (χ1v) is 7.64. The smallest absolute Gasteiger partial charge is 0.104 e. The normalized spacial score (nSPS) is 29.1. The molecule has 1 aromatic rings. The van der Waals surface area contributed by atoms with E-state index in [1.807, 2.05) is 0 Å². The minimum Gasteiger partial charge on any atom is -1.00 e. The number of rotatable bonds is 2. The minimum absolute atomic E-state index is 0. The van der Waals surface area contributed by atoms with E-state index in [-0.39, 0.29) is 22.4 Å². The van der Waals surface area contributed by atoms with Crippen LogP contribution in [-0.4, -0.2) is 48.7 Å². The van der Waals surface area contributed by atoms with Crippen molar-refractivity contribution >= 4 is 0 Å². The van der Waals surface area contributed by atoms with Gasteiger partial charge in [-0.3, -0.25) is 4.90 Å². The number of piperazine rings is 3. The van der Waals surface area contributed by atoms with Crippen LogP contribution in [0, 0.1) is 0 Å². The Hall–Kier alpha value is -0.380. The summed E-state index contributed by atoms with van der Waals surface area (Å²) in [5.41, 5.74) is 3.23. The zero-order chi connectivity index (χ0) is 13.5. The van der Waals surface area contributed by atoms with E-state index in [0.29, 0.717) is 0 Å². The molecular weight excluding hydrogens is 312 g/mol. The monoisotopic (exact) mass is 338 g/mol. The highest BCUT2D eigenvalue weighted by atomic mass is 79.9. The van der Waals surface area contributed by atoms with Gasteiger partial charge in [-0.15, -0.1) is 0 Å². The van der Waals surface area contributed by atoms with E-state index in [2.05, 4.69) is 49.9 Å². The summed E-state index contributed by atoms with van der Waals surface area (Å²) in [6.07, 6.45) is 0. The molecule has 0 unspecified atom stereocenters. The molecule has 3 aliphatic heterocycles. The molecule has 3 heteroatoms. The second-order valence-electron chi connectivity index (χ2n) is 7.46. The summed E-state index contributed by atoms with van der Waals surface area (Å²) in [4.78, 5) is 2.61. The molecule has 1 aromatic carbocycles. The number of hydrogen-bond donors (Lipinski definition) is 0. The van der Waals surface area contributed by atoms with Gasteiger partial charge in [-0.1, -0.05) is 45.0 Å². The molecule has 2 bridgehead atoms. The number of benzene rings is 1. The molecule has 2 nitrogen and oxygen atoms in total. The third-order valence-electron chi connectivity index (χ3n) is 5.01. The topological polar surface area (TPSA) is 3.24 Å². The Morgan fingerprint density at radius 2 is 1.45 bits per heavy atom. The summed E-state index contributed by atoms with van der Waals surface area (Å²) in [7, 11) is 0. The van der Waals surface area contributed by atoms with Crippen LogP contribution in [-0.2, 0) is 12.0 Å². The average molecular weight is 339 g/mol. The van der Waals surface area contributed by atoms with Gasteiger partial charge in [0.2, 0.25) is 0 Å². The average Bonchev–Trinajstić information content (AvgIpc) is 2.40. The largest absolute Gasteiger partial charge is 1.00 e. The highest BCUT2D eigenvalue weighted by molar-refractivity contribution is 5.27. The van der Waals surface area contributed by atoms with Crippen LogP contribution in [0.15, 0.2) is 24.3 Å². The standard InChI is InChI=1S/C17H27N2.BrH/c1-17(2,3)16-6-4-15(5-7-16)14-19-11-8-18(9-12-19)10-13-19;/h4-7H,8-14H2,1-3H3;1H/q+1;/p-1. The predicted molar refractivity (Wildman–Crippen MR) is 80.1 cm³/mol. The lowest BCUT2D eigenvalue weighted by Crippen LogP contribution is -3.00. The van der Waals surface area contributed by atoms with Gasteiger partial charge in [0.25, 0.3) is 0 Å². The van der Waals surface area contributed by atoms with E-state index in [0.717, 1.165) is 0 Å². The van der Waals surface area contributed by atoms with Crippen molar-refractivity contribution in [2.24, 2.45) is 0 Å². The number of nitrogens with zero attached hydrogens (tertiary/aromatic N) is 2. The molecular formula is C17H27BrN2. The van der Waals surface area contributed by atoms with Crippen LogP contribution >= 0.6 is 0 Å². The summed E-state index contributed by atoms with van der Waals surface area (Å²) in [5.74, 6) is 0. The predicted octanol–water partition coefficient (Wildman–Crippen LogP) is -0.366. The summed E-state index contributed by atoms with van der Waals surface area (Å²) >= 11 is 0. The molecule has 0 spiro atoms. The maximum absolute atomic E-state index is 2.61. The van der Waals surface area contributed by atoms with Gasteiger partial charge in [0.05, 0.1) is 19.6 Å². The van der Waals surface area contributed by atoms with E-state index in [1.165, 1.54) is 61.4 Å². The molecule has 0 radical (unpaired) electrons. The van der Waals surface area contributed by atoms with Gasteiger partial charge < -0.3 is 21.5 Å². The molecule has 112 valence electrons. The van der Waals surface area contributed by atoms with Crippen molar-refractivity contribution in [2.75, 3.05) is 39.3 Å². The highest BCUT2D eigenvalue weighted by Gasteiger charge is 2.38. The van der Waals surface area contributed by atoms with Crippen LogP contribution in [0.1, 0.15) is 31.9 Å². The van der Waals surface area contributed by atoms with E-state index >= 15 is 0 Å². The zero-order valence-electron chi connectivity index (χ0n) is 13.0. The van der Waals surface area contributed by atoms with E-state index < -0.39 is 0 Å². The van der Waals surface area contributed by atoms with Crippen LogP contribution in [0.4, 0.5) is 0 Å². The van der Waals surface area contributed by atoms with Crippen molar-refractivity contribution in [1.82, 2.24) is 4.90 Å². The second-order valence-corrected chi connectivity index (χ2v) is 7.46. The van der Waals surface area contributed by atoms with E-state index in [9.17, 15) is 0 Å². The van der Waals surface area contributed by atoms with Gasteiger partial charge in [-0.25, -0.2) is 0 Å². The SMILES string of the molecule is CC(C)(C)c1ccc(C[N+]23CCN(CC2)CC3)cc1.[Br-]. The third-order valence-corrected chi connectivity index (χ3v) is 5.01. The first kappa shape index (κ1) is 16.0. The molecule has 0 saturated carbocycles. The van der Waals surface area contributed by atoms with Gasteiger partial charge in [-0.2, -0.15) is 0 Å². The maximum atomic E-state index is 2.61. The Bertz CT molecular complexity index is 425. The maximum Gasteiger partial charge on any atom is 0.104 e. The first-order valence-electron chi connectivity index (χ1n) is 7.64. The van der Waals surface area contributed by atoms with Crippen LogP contribution in [0.2, 0.25) is 0 Å². The highest BCUT2D eigenvalue weighted by Crippen LogP contribution is 2.26. The number of halogens is 1. The summed E-state index contributed by atoms with van der Waals surface area (Å²) in [5, 5.41) is 0. The lowest BCUT2D eigenvalue weighted by molar-refractivity contribution is -0.953. The fourth-order valence-electron chi connectivity index (χ4n) is 3.47. The molecule has 0 atom stereocenters. The Morgan fingerprint density at radius 3 is 1.90 bits per heavy atom. The molecule has 20 heavy (non-hydrogen) atoms. The van der Waals surface area contributed by atoms with Crippen LogP contribution in [0.3, 0.4) is 0 Å². The van der Waals surface area contributed by atoms with Crippen LogP contribution in [0.5, 0.6) is 0 Å². The molecule has 3 fully saturated rings. The van der Waals surface area contributed by atoms with Gasteiger partial charge in [0, 0.05) is 25.2 Å². The van der Waals surface area contributed by atoms with Crippen molar-refractivity contribution in [3.05, 3.63) is 35.4 Å². The summed E-state index contributed by atoms with van der Waals surface area (Å²) in [6.45, 7) is 16.1. The quantitative estimate of drug-likeness (QED) is 0.665. The Balaban J connectivity index is 0.00000147. The van der Waals surface area contributed by atoms with Gasteiger partial charge in [0.1, 0.15) is 6.54 Å². The fraction of sp³-hybridized carbons (Fsp3) is 0.647. The molecule has 0 aromatic heterocycles. The summed E-state index contributed by atoms with van der Waals surface area (Å²) < 4.78 is 1.32. The molecule has 3 saturated heterocycles. The van der Waals surface area contributed by atoms with Gasteiger partial charge >= 0.3 is 0 Å². The van der Waals surface area contributed by atoms with Crippen molar-refractivity contribution < 1.29 is 21.5 Å². The van der Waals surface area contributed by atoms with Crippen molar-refractivity contribution in [3.8, 4) is 0 Å². The Morgan fingerprint density at radius 1 is 0.950 bits per heavy atom. The molecule has 0 amide bonds. The number of hydrogen-bond acceptors (Lipinski definition) is 1. The number of fused-ring (bicyclic) bond motifs is 3. The lowest BCUT2D eigenvalue weighted by Gasteiger charge is -2.50. The Labute approximate surface area is 134 Å². The molecule has 0 N–H and O–H groups in total. The van der Waals surface area contributed by atoms with E-state index in [1.54, 1.807) is 0 Å². The molecule has 3 aliphatic rings. The van der Waals surface area contributed by atoms with Crippen molar-refractivity contribution in [3.63, 3.8) is 0 Å². The molecule has 0 aliphatic carbocycles. The number of quaternary nitrogens is 1. The second kappa shape index (κ2) is 5.78. The van der Waals surface area contributed by atoms with Crippen LogP contribution < -0.4 is 17.0 Å².